The topological polar surface area (TPSA) is 86.7 Å². The van der Waals surface area contributed by atoms with Crippen LogP contribution in [0.4, 0.5) is 0 Å². The molecule has 9 heteroatoms. The number of furan rings is 1. The third-order valence-electron chi connectivity index (χ3n) is 4.02. The van der Waals surface area contributed by atoms with E-state index in [0.29, 0.717) is 21.4 Å². The van der Waals surface area contributed by atoms with E-state index in [9.17, 15) is 9.59 Å². The molecule has 138 valence electrons. The fourth-order valence-electron chi connectivity index (χ4n) is 2.71. The highest BCUT2D eigenvalue weighted by molar-refractivity contribution is 7.21. The molecular weight excluding hydrogens is 398 g/mol. The first-order valence-electron chi connectivity index (χ1n) is 8.26. The molecule has 4 aromatic heterocycles. The highest BCUT2D eigenvalue weighted by Gasteiger charge is 2.17. The Balaban J connectivity index is 1.33. The van der Waals surface area contributed by atoms with Gasteiger partial charge in [0.2, 0.25) is 5.76 Å². The van der Waals surface area contributed by atoms with Crippen LogP contribution in [0, 0.1) is 0 Å². The van der Waals surface area contributed by atoms with Crippen molar-refractivity contribution in [3.05, 3.63) is 75.8 Å². The minimum absolute atomic E-state index is 0.0724. The fraction of sp³-hybridized carbons (Fsp3) is 0.0526. The monoisotopic (exact) mass is 409 g/mol. The molecule has 0 fully saturated rings. The average molecular weight is 409 g/mol. The number of esters is 1. The summed E-state index contributed by atoms with van der Waals surface area (Å²) in [5.41, 5.74) is 1.05. The number of thiazole rings is 2. The van der Waals surface area contributed by atoms with E-state index in [-0.39, 0.29) is 17.9 Å². The quantitative estimate of drug-likeness (QED) is 0.417. The van der Waals surface area contributed by atoms with Gasteiger partial charge in [0.15, 0.2) is 15.7 Å². The van der Waals surface area contributed by atoms with Gasteiger partial charge in [0.05, 0.1) is 15.9 Å². The molecule has 0 bridgehead atoms. The summed E-state index contributed by atoms with van der Waals surface area (Å²) in [5.74, 6) is -0.0479. The second kappa shape index (κ2) is 6.70. The lowest BCUT2D eigenvalue weighted by Gasteiger charge is -2.02. The van der Waals surface area contributed by atoms with Gasteiger partial charge in [-0.2, -0.15) is 0 Å². The van der Waals surface area contributed by atoms with Gasteiger partial charge < -0.3 is 9.15 Å². The van der Waals surface area contributed by atoms with E-state index in [1.807, 2.05) is 24.3 Å². The summed E-state index contributed by atoms with van der Waals surface area (Å²) in [5, 5.41) is 2.46. The molecule has 5 aromatic rings. The molecule has 0 aliphatic heterocycles. The first-order valence-corrected chi connectivity index (χ1v) is 9.96. The molecule has 7 nitrogen and oxygen atoms in total. The van der Waals surface area contributed by atoms with E-state index in [4.69, 9.17) is 9.15 Å². The zero-order chi connectivity index (χ0) is 19.1. The SMILES string of the molecule is O=C(OCc1cc(=O)n2ccsc2n1)c1ccc(-c2nc3ccccc3s2)o1. The van der Waals surface area contributed by atoms with Gasteiger partial charge in [-0.25, -0.2) is 14.8 Å². The summed E-state index contributed by atoms with van der Waals surface area (Å²) in [6, 6.07) is 12.4. The van der Waals surface area contributed by atoms with E-state index in [1.54, 1.807) is 23.7 Å². The molecule has 28 heavy (non-hydrogen) atoms. The molecule has 0 aliphatic carbocycles. The first-order chi connectivity index (χ1) is 13.7. The Hall–Kier alpha value is -3.30. The van der Waals surface area contributed by atoms with E-state index in [2.05, 4.69) is 9.97 Å². The summed E-state index contributed by atoms with van der Waals surface area (Å²) >= 11 is 2.82. The van der Waals surface area contributed by atoms with Gasteiger partial charge >= 0.3 is 5.97 Å². The van der Waals surface area contributed by atoms with Crippen molar-refractivity contribution in [1.29, 1.82) is 0 Å². The molecule has 1 aromatic carbocycles. The molecule has 0 atom stereocenters. The summed E-state index contributed by atoms with van der Waals surface area (Å²) in [7, 11) is 0. The molecular formula is C19H11N3O4S2. The maximum Gasteiger partial charge on any atom is 0.374 e. The normalized spacial score (nSPS) is 11.3. The molecule has 0 spiro atoms. The Labute approximate surface area is 165 Å². The van der Waals surface area contributed by atoms with Gasteiger partial charge in [0, 0.05) is 17.6 Å². The molecule has 4 heterocycles. The Morgan fingerprint density at radius 3 is 2.96 bits per heavy atom. The number of nitrogens with zero attached hydrogens (tertiary/aromatic N) is 3. The van der Waals surface area contributed by atoms with Gasteiger partial charge in [0.25, 0.3) is 5.56 Å². The summed E-state index contributed by atoms with van der Waals surface area (Å²) in [6.45, 7) is -0.111. The van der Waals surface area contributed by atoms with Crippen LogP contribution in [0.3, 0.4) is 0 Å². The molecule has 0 N–H and O–H groups in total. The number of aromatic nitrogens is 3. The number of carbonyl (C=O) groups is 1. The number of hydrogen-bond acceptors (Lipinski definition) is 8. The highest BCUT2D eigenvalue weighted by Crippen LogP contribution is 2.31. The van der Waals surface area contributed by atoms with Crippen molar-refractivity contribution < 1.29 is 13.9 Å². The lowest BCUT2D eigenvalue weighted by molar-refractivity contribution is 0.0432. The first kappa shape index (κ1) is 16.8. The van der Waals surface area contributed by atoms with Gasteiger partial charge in [-0.3, -0.25) is 9.20 Å². The van der Waals surface area contributed by atoms with Crippen LogP contribution in [0.2, 0.25) is 0 Å². The van der Waals surface area contributed by atoms with Crippen molar-refractivity contribution in [3.8, 4) is 10.8 Å². The summed E-state index contributed by atoms with van der Waals surface area (Å²) < 4.78 is 13.3. The zero-order valence-corrected chi connectivity index (χ0v) is 15.8. The maximum absolute atomic E-state index is 12.3. The van der Waals surface area contributed by atoms with Crippen LogP contribution < -0.4 is 5.56 Å². The number of rotatable bonds is 4. The fourth-order valence-corrected chi connectivity index (χ4v) is 4.38. The lowest BCUT2D eigenvalue weighted by Crippen LogP contribution is -2.14. The molecule has 5 rings (SSSR count). The third-order valence-corrected chi connectivity index (χ3v) is 5.83. The molecule has 0 saturated heterocycles. The second-order valence-corrected chi connectivity index (χ2v) is 7.77. The van der Waals surface area contributed by atoms with E-state index >= 15 is 0 Å². The van der Waals surface area contributed by atoms with Crippen molar-refractivity contribution in [2.45, 2.75) is 6.61 Å². The van der Waals surface area contributed by atoms with Crippen molar-refractivity contribution in [2.24, 2.45) is 0 Å². The maximum atomic E-state index is 12.3. The molecule has 0 radical (unpaired) electrons. The number of ether oxygens (including phenoxy) is 1. The van der Waals surface area contributed by atoms with Gasteiger partial charge in [-0.15, -0.1) is 22.7 Å². The predicted molar refractivity (Wildman–Crippen MR) is 106 cm³/mol. The Morgan fingerprint density at radius 1 is 1.18 bits per heavy atom. The molecule has 0 amide bonds. The van der Waals surface area contributed by atoms with E-state index < -0.39 is 5.97 Å². The Morgan fingerprint density at radius 2 is 2.07 bits per heavy atom. The standard InChI is InChI=1S/C19H11N3O4S2/c23-16-9-11(20-19-22(16)7-8-27-19)10-25-18(24)14-6-5-13(26-14)17-21-12-3-1-2-4-15(12)28-17/h1-9H,10H2. The number of fused-ring (bicyclic) bond motifs is 2. The van der Waals surface area contributed by atoms with E-state index in [0.717, 1.165) is 10.2 Å². The van der Waals surface area contributed by atoms with Crippen LogP contribution in [-0.4, -0.2) is 20.3 Å². The highest BCUT2D eigenvalue weighted by atomic mass is 32.1. The molecule has 0 unspecified atom stereocenters. The number of hydrogen-bond donors (Lipinski definition) is 0. The minimum Gasteiger partial charge on any atom is -0.453 e. The van der Waals surface area contributed by atoms with E-state index in [1.165, 1.54) is 33.1 Å². The Kier molecular flexibility index (Phi) is 4.03. The number of benzene rings is 1. The van der Waals surface area contributed by atoms with Crippen LogP contribution in [0.15, 0.2) is 63.3 Å². The van der Waals surface area contributed by atoms with Gasteiger partial charge in [-0.05, 0) is 24.3 Å². The Bertz CT molecular complexity index is 1350. The number of carbonyl (C=O) groups excluding carboxylic acids is 1. The largest absolute Gasteiger partial charge is 0.453 e. The van der Waals surface area contributed by atoms with Crippen molar-refractivity contribution in [2.75, 3.05) is 0 Å². The number of para-hydroxylation sites is 1. The smallest absolute Gasteiger partial charge is 0.374 e. The van der Waals surface area contributed by atoms with Crippen LogP contribution in [-0.2, 0) is 11.3 Å². The second-order valence-electron chi connectivity index (χ2n) is 5.87. The molecule has 0 saturated carbocycles. The van der Waals surface area contributed by atoms with Crippen LogP contribution in [0.5, 0.6) is 0 Å². The van der Waals surface area contributed by atoms with Gasteiger partial charge in [0.1, 0.15) is 6.61 Å². The summed E-state index contributed by atoms with van der Waals surface area (Å²) in [4.78, 5) is 33.6. The molecule has 0 aliphatic rings. The minimum atomic E-state index is -0.625. The summed E-state index contributed by atoms with van der Waals surface area (Å²) in [6.07, 6.45) is 1.65. The third kappa shape index (κ3) is 3.00. The van der Waals surface area contributed by atoms with Crippen LogP contribution in [0.1, 0.15) is 16.2 Å². The van der Waals surface area contributed by atoms with Crippen molar-refractivity contribution >= 4 is 43.8 Å². The lowest BCUT2D eigenvalue weighted by atomic mass is 10.3. The predicted octanol–water partition coefficient (Wildman–Crippen LogP) is 3.98. The van der Waals surface area contributed by atoms with Crippen LogP contribution >= 0.6 is 22.7 Å². The average Bonchev–Trinajstić information content (AvgIpc) is 3.44. The van der Waals surface area contributed by atoms with Crippen LogP contribution in [0.25, 0.3) is 25.9 Å². The zero-order valence-electron chi connectivity index (χ0n) is 14.2. The van der Waals surface area contributed by atoms with Crippen molar-refractivity contribution in [1.82, 2.24) is 14.4 Å². The van der Waals surface area contributed by atoms with Crippen molar-refractivity contribution in [3.63, 3.8) is 0 Å². The van der Waals surface area contributed by atoms with Gasteiger partial charge in [-0.1, -0.05) is 12.1 Å².